The van der Waals surface area contributed by atoms with Gasteiger partial charge >= 0.3 is 5.97 Å². The zero-order valence-corrected chi connectivity index (χ0v) is 9.55. The highest BCUT2D eigenvalue weighted by atomic mass is 16.5. The Bertz CT molecular complexity index is 173. The third-order valence-electron chi connectivity index (χ3n) is 1.99. The lowest BCUT2D eigenvalue weighted by atomic mass is 9.99. The summed E-state index contributed by atoms with van der Waals surface area (Å²) in [5, 5.41) is 3.23. The molecule has 0 aromatic heterocycles. The van der Waals surface area contributed by atoms with Gasteiger partial charge in [-0.25, -0.2) is 0 Å². The predicted molar refractivity (Wildman–Crippen MR) is 55.2 cm³/mol. The molecule has 0 spiro atoms. The molecule has 0 saturated heterocycles. The highest BCUT2D eigenvalue weighted by Gasteiger charge is 2.27. The SMILES string of the molecule is CCNC(C)(COCC)CC(=O)OC. The highest BCUT2D eigenvalue weighted by Crippen LogP contribution is 2.11. The average Bonchev–Trinajstić information content (AvgIpc) is 2.15. The Kier molecular flexibility index (Phi) is 6.49. The molecule has 1 unspecified atom stereocenters. The van der Waals surface area contributed by atoms with Crippen LogP contribution in [0.25, 0.3) is 0 Å². The summed E-state index contributed by atoms with van der Waals surface area (Å²) in [6, 6.07) is 0. The second kappa shape index (κ2) is 6.79. The molecule has 4 heteroatoms. The molecule has 0 fully saturated rings. The number of methoxy groups -OCH3 is 1. The van der Waals surface area contributed by atoms with Crippen LogP contribution >= 0.6 is 0 Å². The minimum Gasteiger partial charge on any atom is -0.469 e. The van der Waals surface area contributed by atoms with Crippen molar-refractivity contribution in [1.82, 2.24) is 5.32 Å². The lowest BCUT2D eigenvalue weighted by molar-refractivity contribution is -0.142. The van der Waals surface area contributed by atoms with Crippen molar-refractivity contribution in [3.8, 4) is 0 Å². The fourth-order valence-electron chi connectivity index (χ4n) is 1.31. The molecule has 0 bridgehead atoms. The molecule has 1 atom stereocenters. The van der Waals surface area contributed by atoms with Gasteiger partial charge in [0.2, 0.25) is 0 Å². The molecule has 4 nitrogen and oxygen atoms in total. The highest BCUT2D eigenvalue weighted by molar-refractivity contribution is 5.70. The van der Waals surface area contributed by atoms with Gasteiger partial charge in [-0.3, -0.25) is 4.79 Å². The Labute approximate surface area is 86.0 Å². The van der Waals surface area contributed by atoms with Crippen molar-refractivity contribution in [2.45, 2.75) is 32.7 Å². The molecule has 84 valence electrons. The van der Waals surface area contributed by atoms with E-state index in [9.17, 15) is 4.79 Å². The summed E-state index contributed by atoms with van der Waals surface area (Å²) in [7, 11) is 1.40. The smallest absolute Gasteiger partial charge is 0.307 e. The minimum atomic E-state index is -0.322. The van der Waals surface area contributed by atoms with Gasteiger partial charge in [-0.15, -0.1) is 0 Å². The van der Waals surface area contributed by atoms with Gasteiger partial charge in [-0.05, 0) is 20.4 Å². The van der Waals surface area contributed by atoms with Gasteiger partial charge in [-0.2, -0.15) is 0 Å². The number of esters is 1. The maximum atomic E-state index is 11.1. The van der Waals surface area contributed by atoms with Crippen LogP contribution in [0.5, 0.6) is 0 Å². The summed E-state index contributed by atoms with van der Waals surface area (Å²) in [6.07, 6.45) is 0.331. The molecule has 0 aromatic carbocycles. The van der Waals surface area contributed by atoms with Crippen LogP contribution in [0.1, 0.15) is 27.2 Å². The van der Waals surface area contributed by atoms with E-state index in [1.165, 1.54) is 7.11 Å². The van der Waals surface area contributed by atoms with Gasteiger partial charge in [0, 0.05) is 12.1 Å². The minimum absolute atomic E-state index is 0.215. The Morgan fingerprint density at radius 2 is 2.07 bits per heavy atom. The molecule has 0 amide bonds. The van der Waals surface area contributed by atoms with Crippen molar-refractivity contribution in [1.29, 1.82) is 0 Å². The van der Waals surface area contributed by atoms with E-state index in [4.69, 9.17) is 4.74 Å². The third kappa shape index (κ3) is 5.19. The maximum Gasteiger partial charge on any atom is 0.307 e. The fraction of sp³-hybridized carbons (Fsp3) is 0.900. The molecule has 14 heavy (non-hydrogen) atoms. The Morgan fingerprint density at radius 1 is 1.43 bits per heavy atom. The van der Waals surface area contributed by atoms with Crippen molar-refractivity contribution in [2.75, 3.05) is 26.9 Å². The van der Waals surface area contributed by atoms with Crippen LogP contribution in [-0.4, -0.2) is 38.4 Å². The second-order valence-electron chi connectivity index (χ2n) is 3.48. The molecule has 0 saturated carbocycles. The summed E-state index contributed by atoms with van der Waals surface area (Å²) in [4.78, 5) is 11.1. The number of ether oxygens (including phenoxy) is 2. The van der Waals surface area contributed by atoms with Crippen molar-refractivity contribution in [3.63, 3.8) is 0 Å². The first-order valence-corrected chi connectivity index (χ1v) is 4.97. The largest absolute Gasteiger partial charge is 0.469 e. The monoisotopic (exact) mass is 203 g/mol. The summed E-state index contributed by atoms with van der Waals surface area (Å²) in [5.41, 5.74) is -0.322. The van der Waals surface area contributed by atoms with E-state index in [0.717, 1.165) is 6.54 Å². The fourth-order valence-corrected chi connectivity index (χ4v) is 1.31. The lowest BCUT2D eigenvalue weighted by Gasteiger charge is -2.28. The van der Waals surface area contributed by atoms with Crippen molar-refractivity contribution < 1.29 is 14.3 Å². The van der Waals surface area contributed by atoms with Crippen LogP contribution in [-0.2, 0) is 14.3 Å². The van der Waals surface area contributed by atoms with Crippen LogP contribution in [0.4, 0.5) is 0 Å². The number of nitrogens with one attached hydrogen (secondary N) is 1. The molecule has 0 aliphatic rings. The molecule has 0 heterocycles. The molecule has 0 aliphatic heterocycles. The number of carbonyl (C=O) groups is 1. The van der Waals surface area contributed by atoms with E-state index in [1.807, 2.05) is 20.8 Å². The zero-order chi connectivity index (χ0) is 11.0. The normalized spacial score (nSPS) is 14.9. The molecule has 1 N–H and O–H groups in total. The number of hydrogen-bond acceptors (Lipinski definition) is 4. The summed E-state index contributed by atoms with van der Waals surface area (Å²) in [5.74, 6) is -0.215. The van der Waals surface area contributed by atoms with E-state index in [2.05, 4.69) is 10.1 Å². The quantitative estimate of drug-likeness (QED) is 0.626. The third-order valence-corrected chi connectivity index (χ3v) is 1.99. The molecule has 0 radical (unpaired) electrons. The van der Waals surface area contributed by atoms with Crippen molar-refractivity contribution in [3.05, 3.63) is 0 Å². The van der Waals surface area contributed by atoms with E-state index in [1.54, 1.807) is 0 Å². The van der Waals surface area contributed by atoms with E-state index in [0.29, 0.717) is 19.6 Å². The second-order valence-corrected chi connectivity index (χ2v) is 3.48. The zero-order valence-electron chi connectivity index (χ0n) is 9.55. The average molecular weight is 203 g/mol. The van der Waals surface area contributed by atoms with E-state index >= 15 is 0 Å². The number of rotatable bonds is 7. The first-order valence-electron chi connectivity index (χ1n) is 4.97. The molecule has 0 aliphatic carbocycles. The van der Waals surface area contributed by atoms with Crippen molar-refractivity contribution in [2.24, 2.45) is 0 Å². The van der Waals surface area contributed by atoms with Gasteiger partial charge in [0.15, 0.2) is 0 Å². The molecule has 0 aromatic rings. The van der Waals surface area contributed by atoms with Gasteiger partial charge < -0.3 is 14.8 Å². The Hall–Kier alpha value is -0.610. The first-order chi connectivity index (χ1) is 6.58. The molecule has 0 rings (SSSR count). The van der Waals surface area contributed by atoms with Gasteiger partial charge in [-0.1, -0.05) is 6.92 Å². The van der Waals surface area contributed by atoms with Gasteiger partial charge in [0.05, 0.1) is 20.1 Å². The Morgan fingerprint density at radius 3 is 2.50 bits per heavy atom. The number of hydrogen-bond donors (Lipinski definition) is 1. The van der Waals surface area contributed by atoms with Crippen LogP contribution in [0.2, 0.25) is 0 Å². The summed E-state index contributed by atoms with van der Waals surface area (Å²) < 4.78 is 9.96. The number of likely N-dealkylation sites (N-methyl/N-ethyl adjacent to an activating group) is 1. The first kappa shape index (κ1) is 13.4. The topological polar surface area (TPSA) is 47.6 Å². The van der Waals surface area contributed by atoms with Crippen molar-refractivity contribution >= 4 is 5.97 Å². The number of carbonyl (C=O) groups excluding carboxylic acids is 1. The molecular weight excluding hydrogens is 182 g/mol. The van der Waals surface area contributed by atoms with Crippen LogP contribution in [0.3, 0.4) is 0 Å². The van der Waals surface area contributed by atoms with E-state index in [-0.39, 0.29) is 11.5 Å². The van der Waals surface area contributed by atoms with E-state index < -0.39 is 0 Å². The van der Waals surface area contributed by atoms with Gasteiger partial charge in [0.25, 0.3) is 0 Å². The predicted octanol–water partition coefficient (Wildman–Crippen LogP) is 0.954. The lowest BCUT2D eigenvalue weighted by Crippen LogP contribution is -2.48. The maximum absolute atomic E-state index is 11.1. The molecular formula is C10H21NO3. The Balaban J connectivity index is 4.14. The summed E-state index contributed by atoms with van der Waals surface area (Å²) >= 11 is 0. The van der Waals surface area contributed by atoms with Crippen LogP contribution in [0, 0.1) is 0 Å². The van der Waals surface area contributed by atoms with Gasteiger partial charge in [0.1, 0.15) is 0 Å². The van der Waals surface area contributed by atoms with Crippen LogP contribution < -0.4 is 5.32 Å². The standard InChI is InChI=1S/C10H21NO3/c1-5-11-10(3,8-14-6-2)7-9(12)13-4/h11H,5-8H2,1-4H3. The summed E-state index contributed by atoms with van der Waals surface area (Å²) in [6.45, 7) is 7.88. The van der Waals surface area contributed by atoms with Crippen LogP contribution in [0.15, 0.2) is 0 Å².